The van der Waals surface area contributed by atoms with Crippen molar-refractivity contribution in [3.8, 4) is 0 Å². The molecular formula is C20H20N2O3S. The second-order valence-corrected chi connectivity index (χ2v) is 7.99. The lowest BCUT2D eigenvalue weighted by atomic mass is 10.0. The Hall–Kier alpha value is -2.47. The molecule has 0 radical (unpaired) electrons. The Labute approximate surface area is 155 Å². The Morgan fingerprint density at radius 1 is 1.27 bits per heavy atom. The maximum atomic E-state index is 12.4. The van der Waals surface area contributed by atoms with Crippen LogP contribution in [0.15, 0.2) is 29.1 Å². The number of ether oxygens (including phenoxy) is 1. The molecule has 0 bridgehead atoms. The first-order valence-corrected chi connectivity index (χ1v) is 9.65. The number of fused-ring (bicyclic) bond motifs is 3. The predicted octanol–water partition coefficient (Wildman–Crippen LogP) is 3.95. The molecule has 0 spiro atoms. The molecule has 1 aliphatic rings. The Morgan fingerprint density at radius 2 is 2.04 bits per heavy atom. The van der Waals surface area contributed by atoms with Crippen molar-refractivity contribution < 1.29 is 9.53 Å². The van der Waals surface area contributed by atoms with Gasteiger partial charge in [0, 0.05) is 4.88 Å². The second-order valence-electron chi connectivity index (χ2n) is 6.90. The molecule has 6 heteroatoms. The largest absolute Gasteiger partial charge is 0.454 e. The fourth-order valence-electron chi connectivity index (χ4n) is 3.34. The van der Waals surface area contributed by atoms with Gasteiger partial charge in [-0.1, -0.05) is 26.0 Å². The minimum atomic E-state index is -0.420. The smallest absolute Gasteiger partial charge is 0.338 e. The summed E-state index contributed by atoms with van der Waals surface area (Å²) >= 11 is 1.58. The van der Waals surface area contributed by atoms with Crippen molar-refractivity contribution in [1.29, 1.82) is 0 Å². The number of aromatic nitrogens is 2. The molecule has 1 aliphatic carbocycles. The summed E-state index contributed by atoms with van der Waals surface area (Å²) in [7, 11) is 0. The maximum absolute atomic E-state index is 12.4. The molecule has 2 aromatic heterocycles. The number of carbonyl (C=O) groups is 1. The van der Waals surface area contributed by atoms with E-state index in [1.54, 1.807) is 23.5 Å². The molecule has 0 saturated carbocycles. The van der Waals surface area contributed by atoms with E-state index >= 15 is 0 Å². The number of hydrogen-bond acceptors (Lipinski definition) is 5. The SMILES string of the molecule is CC(C)c1ccc(C(=O)OCc2nc3sc4c(c3c(=O)[nH]2)CCC4)cc1. The molecule has 0 amide bonds. The van der Waals surface area contributed by atoms with Crippen LogP contribution in [-0.4, -0.2) is 15.9 Å². The minimum absolute atomic E-state index is 0.0431. The topological polar surface area (TPSA) is 72.0 Å². The van der Waals surface area contributed by atoms with Crippen LogP contribution in [0.25, 0.3) is 10.2 Å². The summed E-state index contributed by atoms with van der Waals surface area (Å²) in [6.45, 7) is 4.16. The third kappa shape index (κ3) is 3.05. The van der Waals surface area contributed by atoms with Gasteiger partial charge in [0.2, 0.25) is 0 Å². The van der Waals surface area contributed by atoms with Crippen LogP contribution in [0.4, 0.5) is 0 Å². The normalized spacial score (nSPS) is 13.3. The highest BCUT2D eigenvalue weighted by Crippen LogP contribution is 2.34. The average molecular weight is 368 g/mol. The number of benzene rings is 1. The highest BCUT2D eigenvalue weighted by molar-refractivity contribution is 7.18. The second kappa shape index (κ2) is 6.68. The quantitative estimate of drug-likeness (QED) is 0.708. The number of hydrogen-bond donors (Lipinski definition) is 1. The van der Waals surface area contributed by atoms with Crippen LogP contribution >= 0.6 is 11.3 Å². The highest BCUT2D eigenvalue weighted by Gasteiger charge is 2.21. The van der Waals surface area contributed by atoms with Crippen molar-refractivity contribution in [2.75, 3.05) is 0 Å². The first kappa shape index (κ1) is 17.0. The average Bonchev–Trinajstić information content (AvgIpc) is 3.20. The standard InChI is InChI=1S/C20H20N2O3S/c1-11(2)12-6-8-13(9-7-12)20(24)25-10-16-21-18(23)17-14-4-3-5-15(14)26-19(17)22-16/h6-9,11H,3-5,10H2,1-2H3,(H,21,22,23). The third-order valence-corrected chi connectivity index (χ3v) is 5.96. The van der Waals surface area contributed by atoms with Gasteiger partial charge >= 0.3 is 5.97 Å². The maximum Gasteiger partial charge on any atom is 0.338 e. The summed E-state index contributed by atoms with van der Waals surface area (Å²) < 4.78 is 5.33. The van der Waals surface area contributed by atoms with Crippen molar-refractivity contribution >= 4 is 27.5 Å². The minimum Gasteiger partial charge on any atom is -0.454 e. The first-order chi connectivity index (χ1) is 12.5. The Bertz CT molecular complexity index is 1030. The Kier molecular flexibility index (Phi) is 4.36. The van der Waals surface area contributed by atoms with Gasteiger partial charge in [-0.2, -0.15) is 0 Å². The van der Waals surface area contributed by atoms with Crippen molar-refractivity contribution in [3.05, 3.63) is 62.0 Å². The number of esters is 1. The fourth-order valence-corrected chi connectivity index (χ4v) is 4.62. The van der Waals surface area contributed by atoms with Gasteiger partial charge in [0.1, 0.15) is 17.3 Å². The zero-order chi connectivity index (χ0) is 18.3. The summed E-state index contributed by atoms with van der Waals surface area (Å²) in [5, 5.41) is 0.710. The molecule has 0 unspecified atom stereocenters. The Morgan fingerprint density at radius 3 is 2.77 bits per heavy atom. The summed E-state index contributed by atoms with van der Waals surface area (Å²) in [6.07, 6.45) is 3.07. The zero-order valence-corrected chi connectivity index (χ0v) is 15.6. The third-order valence-electron chi connectivity index (χ3n) is 4.78. The van der Waals surface area contributed by atoms with Gasteiger partial charge in [-0.3, -0.25) is 4.79 Å². The molecule has 1 N–H and O–H groups in total. The molecule has 1 aromatic carbocycles. The van der Waals surface area contributed by atoms with Gasteiger partial charge in [-0.05, 0) is 48.4 Å². The summed E-state index contributed by atoms with van der Waals surface area (Å²) in [6, 6.07) is 7.39. The van der Waals surface area contributed by atoms with Crippen LogP contribution in [0.3, 0.4) is 0 Å². The highest BCUT2D eigenvalue weighted by atomic mass is 32.1. The van der Waals surface area contributed by atoms with Crippen molar-refractivity contribution in [2.24, 2.45) is 0 Å². The van der Waals surface area contributed by atoms with Crippen LogP contribution in [0.2, 0.25) is 0 Å². The van der Waals surface area contributed by atoms with E-state index in [-0.39, 0.29) is 12.2 Å². The predicted molar refractivity (Wildman–Crippen MR) is 102 cm³/mol. The van der Waals surface area contributed by atoms with Gasteiger partial charge in [0.25, 0.3) is 5.56 Å². The van der Waals surface area contributed by atoms with E-state index in [4.69, 9.17) is 4.74 Å². The van der Waals surface area contributed by atoms with E-state index in [0.29, 0.717) is 22.7 Å². The molecule has 5 nitrogen and oxygen atoms in total. The van der Waals surface area contributed by atoms with E-state index < -0.39 is 5.97 Å². The number of aryl methyl sites for hydroxylation is 2. The monoisotopic (exact) mass is 368 g/mol. The molecule has 3 aromatic rings. The van der Waals surface area contributed by atoms with Gasteiger partial charge in [0.05, 0.1) is 10.9 Å². The lowest BCUT2D eigenvalue weighted by Crippen LogP contribution is -2.14. The fraction of sp³-hybridized carbons (Fsp3) is 0.350. The van der Waals surface area contributed by atoms with Crippen LogP contribution in [0, 0.1) is 0 Å². The molecule has 0 fully saturated rings. The zero-order valence-electron chi connectivity index (χ0n) is 14.8. The summed E-state index contributed by atoms with van der Waals surface area (Å²) in [5.41, 5.74) is 2.67. The molecule has 26 heavy (non-hydrogen) atoms. The van der Waals surface area contributed by atoms with Crippen LogP contribution in [-0.2, 0) is 24.2 Å². The van der Waals surface area contributed by atoms with Crippen LogP contribution in [0.1, 0.15) is 58.4 Å². The number of aromatic amines is 1. The van der Waals surface area contributed by atoms with Gasteiger partial charge < -0.3 is 9.72 Å². The van der Waals surface area contributed by atoms with E-state index in [1.165, 1.54) is 10.4 Å². The van der Waals surface area contributed by atoms with Gasteiger partial charge in [0.15, 0.2) is 0 Å². The van der Waals surface area contributed by atoms with E-state index in [2.05, 4.69) is 23.8 Å². The summed E-state index contributed by atoms with van der Waals surface area (Å²) in [4.78, 5) is 33.9. The molecule has 134 valence electrons. The first-order valence-electron chi connectivity index (χ1n) is 8.83. The van der Waals surface area contributed by atoms with Crippen LogP contribution in [0.5, 0.6) is 0 Å². The number of carbonyl (C=O) groups excluding carboxylic acids is 1. The summed E-state index contributed by atoms with van der Waals surface area (Å²) in [5.74, 6) is 0.375. The molecule has 0 atom stereocenters. The molecule has 0 saturated heterocycles. The molecule has 2 heterocycles. The van der Waals surface area contributed by atoms with Crippen molar-refractivity contribution in [3.63, 3.8) is 0 Å². The van der Waals surface area contributed by atoms with Gasteiger partial charge in [-0.15, -0.1) is 11.3 Å². The number of H-pyrrole nitrogens is 1. The van der Waals surface area contributed by atoms with E-state index in [0.717, 1.165) is 29.7 Å². The molecular weight excluding hydrogens is 348 g/mol. The van der Waals surface area contributed by atoms with E-state index in [1.807, 2.05) is 12.1 Å². The number of nitrogens with zero attached hydrogens (tertiary/aromatic N) is 1. The van der Waals surface area contributed by atoms with Crippen molar-refractivity contribution in [2.45, 2.75) is 45.6 Å². The number of nitrogens with one attached hydrogen (secondary N) is 1. The lowest BCUT2D eigenvalue weighted by molar-refractivity contribution is 0.0462. The van der Waals surface area contributed by atoms with Crippen LogP contribution < -0.4 is 5.56 Å². The molecule has 0 aliphatic heterocycles. The number of thiophene rings is 1. The lowest BCUT2D eigenvalue weighted by Gasteiger charge is -2.07. The van der Waals surface area contributed by atoms with Gasteiger partial charge in [-0.25, -0.2) is 9.78 Å². The Balaban J connectivity index is 1.51. The number of rotatable bonds is 4. The van der Waals surface area contributed by atoms with E-state index in [9.17, 15) is 9.59 Å². The molecule has 4 rings (SSSR count). The van der Waals surface area contributed by atoms with Crippen molar-refractivity contribution in [1.82, 2.24) is 9.97 Å².